The summed E-state index contributed by atoms with van der Waals surface area (Å²) >= 11 is 0. The number of rotatable bonds is 4. The van der Waals surface area contributed by atoms with Gasteiger partial charge in [0, 0.05) is 12.6 Å². The van der Waals surface area contributed by atoms with Gasteiger partial charge in [0.1, 0.15) is 0 Å². The number of hydrogen-bond acceptors (Lipinski definition) is 3. The van der Waals surface area contributed by atoms with E-state index in [0.717, 1.165) is 6.42 Å². The van der Waals surface area contributed by atoms with Crippen molar-refractivity contribution < 1.29 is 9.59 Å². The Morgan fingerprint density at radius 3 is 2.11 bits per heavy atom. The number of benzene rings is 1. The average Bonchev–Trinajstić information content (AvgIpc) is 2.63. The molecule has 0 saturated heterocycles. The molecule has 1 aliphatic heterocycles. The van der Waals surface area contributed by atoms with Crippen LogP contribution < -0.4 is 5.73 Å². The molecule has 2 atom stereocenters. The minimum atomic E-state index is -0.227. The number of imide groups is 1. The molecule has 0 bridgehead atoms. The van der Waals surface area contributed by atoms with Crippen LogP contribution in [0, 0.1) is 5.92 Å². The molecular weight excluding hydrogens is 228 g/mol. The summed E-state index contributed by atoms with van der Waals surface area (Å²) in [5.41, 5.74) is 6.99. The molecule has 1 unspecified atom stereocenters. The van der Waals surface area contributed by atoms with Gasteiger partial charge in [-0.3, -0.25) is 14.5 Å². The molecule has 96 valence electrons. The van der Waals surface area contributed by atoms with Crippen LogP contribution in [0.25, 0.3) is 0 Å². The molecule has 0 saturated carbocycles. The summed E-state index contributed by atoms with van der Waals surface area (Å²) < 4.78 is 0. The van der Waals surface area contributed by atoms with Gasteiger partial charge in [0.15, 0.2) is 0 Å². The summed E-state index contributed by atoms with van der Waals surface area (Å²) in [5.74, 6) is -0.169. The molecule has 1 aromatic rings. The van der Waals surface area contributed by atoms with Crippen LogP contribution in [0.1, 0.15) is 41.0 Å². The minimum Gasteiger partial charge on any atom is -0.326 e. The van der Waals surface area contributed by atoms with E-state index < -0.39 is 0 Å². The van der Waals surface area contributed by atoms with Gasteiger partial charge in [-0.1, -0.05) is 32.4 Å². The highest BCUT2D eigenvalue weighted by Gasteiger charge is 2.36. The number of carbonyl (C=O) groups excluding carboxylic acids is 2. The predicted octanol–water partition coefficient (Wildman–Crippen LogP) is 1.66. The lowest BCUT2D eigenvalue weighted by atomic mass is 10.00. The predicted molar refractivity (Wildman–Crippen MR) is 69.2 cm³/mol. The lowest BCUT2D eigenvalue weighted by Gasteiger charge is -2.23. The number of hydrogen-bond donors (Lipinski definition) is 1. The van der Waals surface area contributed by atoms with E-state index in [9.17, 15) is 9.59 Å². The highest BCUT2D eigenvalue weighted by molar-refractivity contribution is 6.21. The van der Waals surface area contributed by atoms with Crippen molar-refractivity contribution in [2.45, 2.75) is 26.3 Å². The van der Waals surface area contributed by atoms with Crippen LogP contribution in [0.4, 0.5) is 0 Å². The normalized spacial score (nSPS) is 17.8. The van der Waals surface area contributed by atoms with Crippen molar-refractivity contribution in [3.63, 3.8) is 0 Å². The van der Waals surface area contributed by atoms with Gasteiger partial charge in [-0.25, -0.2) is 0 Å². The Balaban J connectivity index is 2.19. The Hall–Kier alpha value is -1.68. The first-order chi connectivity index (χ1) is 8.56. The first-order valence-electron chi connectivity index (χ1n) is 6.27. The third-order valence-electron chi connectivity index (χ3n) is 3.65. The quantitative estimate of drug-likeness (QED) is 0.822. The van der Waals surface area contributed by atoms with Crippen LogP contribution in [0.2, 0.25) is 0 Å². The second kappa shape index (κ2) is 4.90. The lowest BCUT2D eigenvalue weighted by molar-refractivity contribution is 0.0635. The van der Waals surface area contributed by atoms with Crippen LogP contribution >= 0.6 is 0 Å². The summed E-state index contributed by atoms with van der Waals surface area (Å²) in [6.45, 7) is 4.37. The highest BCUT2D eigenvalue weighted by atomic mass is 16.2. The summed E-state index contributed by atoms with van der Waals surface area (Å²) in [6.07, 6.45) is 0.935. The maximum Gasteiger partial charge on any atom is 0.261 e. The third-order valence-corrected chi connectivity index (χ3v) is 3.65. The number of fused-ring (bicyclic) bond motifs is 1. The van der Waals surface area contributed by atoms with E-state index in [1.54, 1.807) is 24.3 Å². The molecule has 1 aromatic carbocycles. The molecule has 2 N–H and O–H groups in total. The molecular formula is C14H18N2O2. The smallest absolute Gasteiger partial charge is 0.261 e. The number of amides is 2. The monoisotopic (exact) mass is 246 g/mol. The van der Waals surface area contributed by atoms with E-state index in [1.165, 1.54) is 4.90 Å². The average molecular weight is 246 g/mol. The second-order valence-corrected chi connectivity index (χ2v) is 4.82. The van der Waals surface area contributed by atoms with Crippen molar-refractivity contribution >= 4 is 11.8 Å². The van der Waals surface area contributed by atoms with Crippen LogP contribution in [0.15, 0.2) is 24.3 Å². The fraction of sp³-hybridized carbons (Fsp3) is 0.429. The third kappa shape index (κ3) is 2.04. The van der Waals surface area contributed by atoms with Crippen LogP contribution in [-0.4, -0.2) is 29.3 Å². The van der Waals surface area contributed by atoms with Gasteiger partial charge in [0.2, 0.25) is 0 Å². The molecule has 0 aliphatic carbocycles. The standard InChI is InChI=1S/C14H18N2O2/c1-3-9(2)12(15)8-16-13(17)10-6-4-5-7-11(10)14(16)18/h4-7,9,12H,3,8,15H2,1-2H3/t9?,12-/m1/s1. The van der Waals surface area contributed by atoms with Crippen molar-refractivity contribution in [1.82, 2.24) is 4.90 Å². The number of carbonyl (C=O) groups is 2. The molecule has 2 rings (SSSR count). The molecule has 1 aliphatic rings. The Kier molecular flexibility index (Phi) is 3.48. The minimum absolute atomic E-state index is 0.169. The van der Waals surface area contributed by atoms with Gasteiger partial charge in [0.05, 0.1) is 11.1 Å². The largest absolute Gasteiger partial charge is 0.326 e. The van der Waals surface area contributed by atoms with E-state index >= 15 is 0 Å². The molecule has 1 heterocycles. The van der Waals surface area contributed by atoms with Gasteiger partial charge >= 0.3 is 0 Å². The summed E-state index contributed by atoms with van der Waals surface area (Å²) in [5, 5.41) is 0. The summed E-state index contributed by atoms with van der Waals surface area (Å²) in [7, 11) is 0. The SMILES string of the molecule is CCC(C)[C@H](N)CN1C(=O)c2ccccc2C1=O. The topological polar surface area (TPSA) is 63.4 Å². The van der Waals surface area contributed by atoms with Crippen molar-refractivity contribution in [3.8, 4) is 0 Å². The van der Waals surface area contributed by atoms with Gasteiger partial charge < -0.3 is 5.73 Å². The highest BCUT2D eigenvalue weighted by Crippen LogP contribution is 2.23. The Morgan fingerprint density at radius 1 is 1.17 bits per heavy atom. The van der Waals surface area contributed by atoms with E-state index in [4.69, 9.17) is 5.73 Å². The fourth-order valence-electron chi connectivity index (χ4n) is 2.10. The molecule has 0 radical (unpaired) electrons. The van der Waals surface area contributed by atoms with Crippen molar-refractivity contribution in [3.05, 3.63) is 35.4 Å². The van der Waals surface area contributed by atoms with Gasteiger partial charge in [-0.05, 0) is 18.1 Å². The zero-order valence-electron chi connectivity index (χ0n) is 10.7. The maximum atomic E-state index is 12.1. The second-order valence-electron chi connectivity index (χ2n) is 4.82. The number of nitrogens with two attached hydrogens (primary N) is 1. The van der Waals surface area contributed by atoms with E-state index in [1.807, 2.05) is 13.8 Å². The van der Waals surface area contributed by atoms with Crippen molar-refractivity contribution in [1.29, 1.82) is 0 Å². The molecule has 0 fully saturated rings. The van der Waals surface area contributed by atoms with Crippen LogP contribution in [0.5, 0.6) is 0 Å². The summed E-state index contributed by atoms with van der Waals surface area (Å²) in [4.78, 5) is 25.5. The number of nitrogens with zero attached hydrogens (tertiary/aromatic N) is 1. The van der Waals surface area contributed by atoms with E-state index in [2.05, 4.69) is 0 Å². The molecule has 2 amide bonds. The fourth-order valence-corrected chi connectivity index (χ4v) is 2.10. The first kappa shape index (κ1) is 12.8. The van der Waals surface area contributed by atoms with Crippen LogP contribution in [0.3, 0.4) is 0 Å². The van der Waals surface area contributed by atoms with E-state index in [0.29, 0.717) is 17.7 Å². The molecule has 18 heavy (non-hydrogen) atoms. The molecule has 0 spiro atoms. The van der Waals surface area contributed by atoms with Gasteiger partial charge in [-0.15, -0.1) is 0 Å². The molecule has 4 heteroatoms. The maximum absolute atomic E-state index is 12.1. The first-order valence-corrected chi connectivity index (χ1v) is 6.27. The van der Waals surface area contributed by atoms with Gasteiger partial charge in [0.25, 0.3) is 11.8 Å². The molecule has 0 aromatic heterocycles. The van der Waals surface area contributed by atoms with Crippen LogP contribution in [-0.2, 0) is 0 Å². The Morgan fingerprint density at radius 2 is 1.67 bits per heavy atom. The van der Waals surface area contributed by atoms with Crippen molar-refractivity contribution in [2.75, 3.05) is 6.54 Å². The zero-order chi connectivity index (χ0) is 13.3. The lowest BCUT2D eigenvalue weighted by Crippen LogP contribution is -2.43. The zero-order valence-corrected chi connectivity index (χ0v) is 10.7. The van der Waals surface area contributed by atoms with Crippen molar-refractivity contribution in [2.24, 2.45) is 11.7 Å². The van der Waals surface area contributed by atoms with Gasteiger partial charge in [-0.2, -0.15) is 0 Å². The Labute approximate surface area is 107 Å². The van der Waals surface area contributed by atoms with E-state index in [-0.39, 0.29) is 23.8 Å². The molecule has 4 nitrogen and oxygen atoms in total. The summed E-state index contributed by atoms with van der Waals surface area (Å²) in [6, 6.07) is 6.73. The Bertz CT molecular complexity index is 449.